The van der Waals surface area contributed by atoms with Gasteiger partial charge in [-0.2, -0.15) is 5.01 Å². The summed E-state index contributed by atoms with van der Waals surface area (Å²) in [4.78, 5) is 12.6. The number of nitrogens with zero attached hydrogens (tertiary/aromatic N) is 2. The molecule has 2 aromatic rings. The van der Waals surface area contributed by atoms with E-state index >= 15 is 0 Å². The third kappa shape index (κ3) is 3.33. The van der Waals surface area contributed by atoms with E-state index in [2.05, 4.69) is 5.10 Å². The summed E-state index contributed by atoms with van der Waals surface area (Å²) in [5.41, 5.74) is -1.34. The Kier molecular flexibility index (Phi) is 5.38. The number of benzene rings is 2. The second-order valence-electron chi connectivity index (χ2n) is 7.47. The summed E-state index contributed by atoms with van der Waals surface area (Å²) in [5.74, 6) is -3.25. The van der Waals surface area contributed by atoms with E-state index in [0.29, 0.717) is 17.7 Å². The molecule has 0 aliphatic carbocycles. The number of hydrazone groups is 1. The number of halogens is 3. The lowest BCUT2D eigenvalue weighted by Crippen LogP contribution is -2.54. The summed E-state index contributed by atoms with van der Waals surface area (Å²) >= 11 is 0. The number of fused-ring (bicyclic) bond motifs is 2. The monoisotopic (exact) mass is 434 g/mol. The molecule has 2 aromatic carbocycles. The number of carbonyl (C=O) groups excluding carboxylic acids is 1. The van der Waals surface area contributed by atoms with Crippen LogP contribution in [0.25, 0.3) is 0 Å². The number of carbonyl (C=O) groups is 1. The van der Waals surface area contributed by atoms with E-state index in [1.54, 1.807) is 6.92 Å². The Morgan fingerprint density at radius 2 is 2.03 bits per heavy atom. The molecule has 1 spiro atoms. The normalized spacial score (nSPS) is 22.1. The van der Waals surface area contributed by atoms with Gasteiger partial charge >= 0.3 is 0 Å². The molecule has 31 heavy (non-hydrogen) atoms. The van der Waals surface area contributed by atoms with Crippen LogP contribution in [0.1, 0.15) is 37.0 Å². The van der Waals surface area contributed by atoms with Crippen molar-refractivity contribution in [2.45, 2.75) is 32.4 Å². The van der Waals surface area contributed by atoms with Crippen molar-refractivity contribution in [2.75, 3.05) is 13.2 Å². The van der Waals surface area contributed by atoms with Gasteiger partial charge in [0.05, 0.1) is 23.7 Å². The van der Waals surface area contributed by atoms with Crippen LogP contribution < -0.4 is 4.74 Å². The lowest BCUT2D eigenvalue weighted by Gasteiger charge is -2.44. The fourth-order valence-electron chi connectivity index (χ4n) is 4.10. The van der Waals surface area contributed by atoms with Crippen molar-refractivity contribution >= 4 is 11.8 Å². The van der Waals surface area contributed by atoms with Crippen molar-refractivity contribution in [3.63, 3.8) is 0 Å². The average molecular weight is 434 g/mol. The topological polar surface area (TPSA) is 71.4 Å². The Morgan fingerprint density at radius 3 is 2.71 bits per heavy atom. The van der Waals surface area contributed by atoms with Crippen LogP contribution in [-0.4, -0.2) is 35.1 Å². The molecule has 2 aliphatic rings. The van der Waals surface area contributed by atoms with E-state index in [1.807, 2.05) is 0 Å². The Bertz CT molecular complexity index is 1070. The van der Waals surface area contributed by atoms with E-state index in [0.717, 1.165) is 23.2 Å². The largest absolute Gasteiger partial charge is 0.493 e. The number of amides is 1. The summed E-state index contributed by atoms with van der Waals surface area (Å²) in [6, 6.07) is 5.54. The predicted octanol–water partition coefficient (Wildman–Crippen LogP) is 3.45. The smallest absolute Gasteiger partial charge is 0.244 e. The Labute approximate surface area is 176 Å². The maximum Gasteiger partial charge on any atom is 0.244 e. The van der Waals surface area contributed by atoms with Crippen LogP contribution in [0.4, 0.5) is 13.2 Å². The van der Waals surface area contributed by atoms with E-state index in [9.17, 15) is 23.1 Å². The molecule has 2 heterocycles. The minimum Gasteiger partial charge on any atom is -0.493 e. The molecular weight excluding hydrogens is 413 g/mol. The van der Waals surface area contributed by atoms with Crippen LogP contribution >= 0.6 is 0 Å². The fraction of sp³-hybridized carbons (Fsp3) is 0.364. The van der Waals surface area contributed by atoms with Gasteiger partial charge in [0.1, 0.15) is 23.2 Å². The molecule has 0 bridgehead atoms. The fourth-order valence-corrected chi connectivity index (χ4v) is 4.10. The molecular formula is C22H21F3N2O4. The highest BCUT2D eigenvalue weighted by Gasteiger charge is 2.58. The van der Waals surface area contributed by atoms with E-state index in [-0.39, 0.29) is 36.7 Å². The van der Waals surface area contributed by atoms with Crippen molar-refractivity contribution < 1.29 is 32.5 Å². The van der Waals surface area contributed by atoms with Crippen LogP contribution in [0.5, 0.6) is 5.75 Å². The maximum absolute atomic E-state index is 14.8. The van der Waals surface area contributed by atoms with Gasteiger partial charge in [-0.05, 0) is 48.7 Å². The van der Waals surface area contributed by atoms with Crippen molar-refractivity contribution in [1.29, 1.82) is 0 Å². The maximum atomic E-state index is 14.8. The van der Waals surface area contributed by atoms with Gasteiger partial charge in [-0.3, -0.25) is 4.79 Å². The highest BCUT2D eigenvalue weighted by molar-refractivity contribution is 5.97. The molecule has 6 nitrogen and oxygen atoms in total. The van der Waals surface area contributed by atoms with Crippen LogP contribution in [0, 0.1) is 23.4 Å². The van der Waals surface area contributed by atoms with Gasteiger partial charge in [-0.1, -0.05) is 6.92 Å². The van der Waals surface area contributed by atoms with E-state index < -0.39 is 35.0 Å². The molecule has 9 heteroatoms. The number of hydrogen-bond acceptors (Lipinski definition) is 5. The highest BCUT2D eigenvalue weighted by atomic mass is 19.1. The minimum absolute atomic E-state index is 0.0422. The van der Waals surface area contributed by atoms with Crippen molar-refractivity contribution in [3.05, 3.63) is 64.5 Å². The average Bonchev–Trinajstić information content (AvgIpc) is 3.13. The first-order chi connectivity index (χ1) is 14.8. The first-order valence-corrected chi connectivity index (χ1v) is 9.92. The quantitative estimate of drug-likeness (QED) is 0.800. The van der Waals surface area contributed by atoms with Crippen molar-refractivity contribution in [3.8, 4) is 5.75 Å². The molecule has 0 aromatic heterocycles. The van der Waals surface area contributed by atoms with Gasteiger partial charge in [0.25, 0.3) is 0 Å². The number of aliphatic hydroxyl groups is 1. The summed E-state index contributed by atoms with van der Waals surface area (Å²) in [6.07, 6.45) is 0.553. The lowest BCUT2D eigenvalue weighted by molar-refractivity contribution is -0.170. The Hall–Kier alpha value is -3.07. The number of aryl methyl sites for hydroxylation is 1. The first kappa shape index (κ1) is 21.2. The molecule has 0 fully saturated rings. The Morgan fingerprint density at radius 1 is 1.26 bits per heavy atom. The van der Waals surface area contributed by atoms with E-state index in [1.165, 1.54) is 19.1 Å². The molecule has 1 N–H and O–H groups in total. The molecule has 1 amide bonds. The molecule has 2 aliphatic heterocycles. The standard InChI is InChI=1S/C22H21F3N2O4/c1-3-13-8-20-17(10-19(13)25)22(14(6-7-28)11-30-20)27(12(2)29)26-21(31-22)16-9-15(23)4-5-18(16)24/h4-5,8-10,14,28H,3,6-7,11H2,1-2H3. The van der Waals surface area contributed by atoms with Gasteiger partial charge in [0, 0.05) is 13.5 Å². The van der Waals surface area contributed by atoms with Crippen molar-refractivity contribution in [2.24, 2.45) is 11.0 Å². The number of aliphatic hydroxyl groups excluding tert-OH is 1. The second-order valence-corrected chi connectivity index (χ2v) is 7.47. The first-order valence-electron chi connectivity index (χ1n) is 9.92. The zero-order valence-corrected chi connectivity index (χ0v) is 17.0. The highest BCUT2D eigenvalue weighted by Crippen LogP contribution is 2.51. The Balaban J connectivity index is 1.93. The summed E-state index contributed by atoms with van der Waals surface area (Å²) in [6.45, 7) is 2.81. The number of rotatable bonds is 4. The molecule has 0 saturated carbocycles. The van der Waals surface area contributed by atoms with Crippen LogP contribution in [-0.2, 0) is 21.7 Å². The molecule has 4 rings (SSSR count). The molecule has 2 atom stereocenters. The second kappa shape index (κ2) is 7.88. The van der Waals surface area contributed by atoms with E-state index in [4.69, 9.17) is 9.47 Å². The number of ether oxygens (including phenoxy) is 2. The van der Waals surface area contributed by atoms with Crippen LogP contribution in [0.2, 0.25) is 0 Å². The van der Waals surface area contributed by atoms with Crippen molar-refractivity contribution in [1.82, 2.24) is 5.01 Å². The summed E-state index contributed by atoms with van der Waals surface area (Å²) < 4.78 is 54.9. The lowest BCUT2D eigenvalue weighted by atomic mass is 9.83. The van der Waals surface area contributed by atoms with Crippen LogP contribution in [0.3, 0.4) is 0 Å². The zero-order chi connectivity index (χ0) is 22.3. The third-order valence-corrected chi connectivity index (χ3v) is 5.60. The molecule has 0 radical (unpaired) electrons. The number of hydrogen-bond donors (Lipinski definition) is 1. The summed E-state index contributed by atoms with van der Waals surface area (Å²) in [5, 5.41) is 14.8. The van der Waals surface area contributed by atoms with Gasteiger partial charge in [0.2, 0.25) is 17.5 Å². The zero-order valence-electron chi connectivity index (χ0n) is 17.0. The molecule has 164 valence electrons. The van der Waals surface area contributed by atoms with Gasteiger partial charge < -0.3 is 14.6 Å². The summed E-state index contributed by atoms with van der Waals surface area (Å²) in [7, 11) is 0. The third-order valence-electron chi connectivity index (χ3n) is 5.60. The van der Waals surface area contributed by atoms with Gasteiger partial charge in [0.15, 0.2) is 0 Å². The predicted molar refractivity (Wildman–Crippen MR) is 105 cm³/mol. The SMILES string of the molecule is CCc1cc2c(cc1F)C1(OC(c3cc(F)ccc3F)=NN1C(C)=O)C(CCO)CO2. The molecule has 0 saturated heterocycles. The van der Waals surface area contributed by atoms with Gasteiger partial charge in [-0.15, -0.1) is 5.10 Å². The molecule has 2 unspecified atom stereocenters. The van der Waals surface area contributed by atoms with Crippen LogP contribution in [0.15, 0.2) is 35.4 Å². The minimum atomic E-state index is -1.68. The van der Waals surface area contributed by atoms with Gasteiger partial charge in [-0.25, -0.2) is 13.2 Å².